The van der Waals surface area contributed by atoms with Crippen LogP contribution in [-0.2, 0) is 9.53 Å². The van der Waals surface area contributed by atoms with Gasteiger partial charge in [-0.1, -0.05) is 6.07 Å². The van der Waals surface area contributed by atoms with Gasteiger partial charge in [0.2, 0.25) is 5.91 Å². The van der Waals surface area contributed by atoms with E-state index in [1.165, 1.54) is 0 Å². The summed E-state index contributed by atoms with van der Waals surface area (Å²) in [6.45, 7) is 1.16. The average Bonchev–Trinajstić information content (AvgIpc) is 2.46. The number of carbonyl (C=O) groups is 1. The van der Waals surface area contributed by atoms with E-state index < -0.39 is 0 Å². The fourth-order valence-corrected chi connectivity index (χ4v) is 2.20. The summed E-state index contributed by atoms with van der Waals surface area (Å²) in [6, 6.07) is 5.08. The van der Waals surface area contributed by atoms with Crippen molar-refractivity contribution in [1.82, 2.24) is 0 Å². The van der Waals surface area contributed by atoms with Gasteiger partial charge in [0.1, 0.15) is 0 Å². The number of ether oxygens (including phenoxy) is 1. The summed E-state index contributed by atoms with van der Waals surface area (Å²) in [4.78, 5) is 12.3. The van der Waals surface area contributed by atoms with Gasteiger partial charge in [-0.25, -0.2) is 10.9 Å². The molecule has 0 radical (unpaired) electrons. The minimum atomic E-state index is -0.156. The number of nitrogens with two attached hydrogens (primary N) is 2. The Bertz CT molecular complexity index is 484. The lowest BCUT2D eigenvalue weighted by Gasteiger charge is -2.27. The number of nitrogen functional groups attached to an aromatic ring is 1. The van der Waals surface area contributed by atoms with Crippen molar-refractivity contribution in [2.24, 2.45) is 11.8 Å². The third kappa shape index (κ3) is 2.74. The molecule has 1 amide bonds. The van der Waals surface area contributed by atoms with Crippen LogP contribution in [0, 0.1) is 11.3 Å². The van der Waals surface area contributed by atoms with Gasteiger partial charge in [-0.05, 0) is 25.0 Å². The molecule has 19 heavy (non-hydrogen) atoms. The standard InChI is InChI=1S/C13H18N4O2/c14-8-10-11(15)2-1-3-12(10)17(16)13(18)9-4-6-19-7-5-9/h1-3,8-9,14H,4-7,15-16H2. The number of benzene rings is 1. The first-order chi connectivity index (χ1) is 9.15. The van der Waals surface area contributed by atoms with Crippen molar-refractivity contribution in [3.05, 3.63) is 23.8 Å². The zero-order valence-corrected chi connectivity index (χ0v) is 10.6. The van der Waals surface area contributed by atoms with E-state index in [9.17, 15) is 4.79 Å². The van der Waals surface area contributed by atoms with Crippen LogP contribution in [0.3, 0.4) is 0 Å². The second kappa shape index (κ2) is 5.81. The van der Waals surface area contributed by atoms with Crippen LogP contribution in [0.2, 0.25) is 0 Å². The first-order valence-electron chi connectivity index (χ1n) is 6.20. The molecule has 1 aromatic carbocycles. The summed E-state index contributed by atoms with van der Waals surface area (Å²) in [5, 5.41) is 8.49. The van der Waals surface area contributed by atoms with Gasteiger partial charge in [-0.15, -0.1) is 0 Å². The van der Waals surface area contributed by atoms with Gasteiger partial charge in [0.05, 0.1) is 5.69 Å². The maximum atomic E-state index is 12.3. The van der Waals surface area contributed by atoms with Crippen LogP contribution >= 0.6 is 0 Å². The van der Waals surface area contributed by atoms with Crippen molar-refractivity contribution in [2.75, 3.05) is 24.0 Å². The molecule has 102 valence electrons. The molecule has 0 bridgehead atoms. The number of rotatable bonds is 3. The van der Waals surface area contributed by atoms with Gasteiger partial charge >= 0.3 is 0 Å². The van der Waals surface area contributed by atoms with E-state index in [0.29, 0.717) is 43.0 Å². The van der Waals surface area contributed by atoms with Gasteiger partial charge in [0.25, 0.3) is 0 Å². The zero-order chi connectivity index (χ0) is 13.8. The minimum Gasteiger partial charge on any atom is -0.398 e. The lowest BCUT2D eigenvalue weighted by atomic mass is 9.98. The zero-order valence-electron chi connectivity index (χ0n) is 10.6. The third-order valence-corrected chi connectivity index (χ3v) is 3.33. The molecule has 5 N–H and O–H groups in total. The Labute approximate surface area is 111 Å². The first kappa shape index (κ1) is 13.5. The minimum absolute atomic E-state index is 0.126. The fraction of sp³-hybridized carbons (Fsp3) is 0.385. The molecule has 1 fully saturated rings. The predicted octanol–water partition coefficient (Wildman–Crippen LogP) is 0.900. The summed E-state index contributed by atoms with van der Waals surface area (Å²) < 4.78 is 5.23. The van der Waals surface area contributed by atoms with E-state index in [1.807, 2.05) is 0 Å². The van der Waals surface area contributed by atoms with Gasteiger partial charge < -0.3 is 15.9 Å². The summed E-state index contributed by atoms with van der Waals surface area (Å²) in [6.07, 6.45) is 2.46. The smallest absolute Gasteiger partial charge is 0.244 e. The van der Waals surface area contributed by atoms with E-state index >= 15 is 0 Å². The molecule has 1 aliphatic rings. The molecule has 0 aliphatic carbocycles. The van der Waals surface area contributed by atoms with Gasteiger partial charge in [-0.2, -0.15) is 0 Å². The topological polar surface area (TPSA) is 105 Å². The molecule has 0 saturated carbocycles. The second-order valence-electron chi connectivity index (χ2n) is 4.52. The summed E-state index contributed by atoms with van der Waals surface area (Å²) >= 11 is 0. The maximum absolute atomic E-state index is 12.3. The number of hydrogen-bond acceptors (Lipinski definition) is 5. The van der Waals surface area contributed by atoms with Crippen LogP contribution in [0.15, 0.2) is 18.2 Å². The van der Waals surface area contributed by atoms with Crippen LogP contribution in [0.25, 0.3) is 0 Å². The number of carbonyl (C=O) groups excluding carboxylic acids is 1. The molecule has 0 unspecified atom stereocenters. The van der Waals surface area contributed by atoms with Crippen molar-refractivity contribution >= 4 is 23.5 Å². The van der Waals surface area contributed by atoms with Gasteiger partial charge in [0, 0.05) is 36.6 Å². The molecule has 6 heteroatoms. The van der Waals surface area contributed by atoms with Crippen molar-refractivity contribution in [3.8, 4) is 0 Å². The molecule has 0 atom stereocenters. The van der Waals surface area contributed by atoms with E-state index in [-0.39, 0.29) is 11.8 Å². The van der Waals surface area contributed by atoms with E-state index in [0.717, 1.165) is 11.2 Å². The lowest BCUT2D eigenvalue weighted by molar-refractivity contribution is -0.125. The molecule has 1 aromatic rings. The van der Waals surface area contributed by atoms with Crippen LogP contribution in [0.1, 0.15) is 18.4 Å². The largest absolute Gasteiger partial charge is 0.398 e. The Morgan fingerprint density at radius 2 is 2.11 bits per heavy atom. The molecular formula is C13H18N4O2. The van der Waals surface area contributed by atoms with Crippen molar-refractivity contribution in [3.63, 3.8) is 0 Å². The highest BCUT2D eigenvalue weighted by atomic mass is 16.5. The third-order valence-electron chi connectivity index (χ3n) is 3.33. The number of hydrogen-bond donors (Lipinski definition) is 3. The molecule has 0 aromatic heterocycles. The monoisotopic (exact) mass is 262 g/mol. The number of nitrogens with zero attached hydrogens (tertiary/aromatic N) is 1. The van der Waals surface area contributed by atoms with Gasteiger partial charge in [0.15, 0.2) is 0 Å². The average molecular weight is 262 g/mol. The molecule has 6 nitrogen and oxygen atoms in total. The number of amides is 1. The summed E-state index contributed by atoms with van der Waals surface area (Å²) in [5.74, 6) is 5.62. The SMILES string of the molecule is N=Cc1c(N)cccc1N(N)C(=O)C1CCOCC1. The highest BCUT2D eigenvalue weighted by molar-refractivity contribution is 6.01. The molecule has 1 aliphatic heterocycles. The van der Waals surface area contributed by atoms with Crippen molar-refractivity contribution in [1.29, 1.82) is 5.41 Å². The van der Waals surface area contributed by atoms with Crippen LogP contribution in [0.5, 0.6) is 0 Å². The number of anilines is 2. The summed E-state index contributed by atoms with van der Waals surface area (Å²) in [5.41, 5.74) is 7.14. The molecule has 0 spiro atoms. The Morgan fingerprint density at radius 1 is 1.42 bits per heavy atom. The Morgan fingerprint density at radius 3 is 2.74 bits per heavy atom. The normalized spacial score (nSPS) is 16.1. The number of hydrazine groups is 1. The summed E-state index contributed by atoms with van der Waals surface area (Å²) in [7, 11) is 0. The molecule has 1 heterocycles. The maximum Gasteiger partial charge on any atom is 0.244 e. The van der Waals surface area contributed by atoms with Crippen LogP contribution in [-0.4, -0.2) is 25.3 Å². The quantitative estimate of drug-likeness (QED) is 0.247. The Balaban J connectivity index is 2.23. The number of nitrogens with one attached hydrogen (secondary N) is 1. The second-order valence-corrected chi connectivity index (χ2v) is 4.52. The highest BCUT2D eigenvalue weighted by Crippen LogP contribution is 2.25. The van der Waals surface area contributed by atoms with Crippen molar-refractivity contribution < 1.29 is 9.53 Å². The molecule has 2 rings (SSSR count). The fourth-order valence-electron chi connectivity index (χ4n) is 2.20. The van der Waals surface area contributed by atoms with E-state index in [1.54, 1.807) is 18.2 Å². The molecular weight excluding hydrogens is 244 g/mol. The van der Waals surface area contributed by atoms with Crippen molar-refractivity contribution in [2.45, 2.75) is 12.8 Å². The Hall–Kier alpha value is -1.92. The van der Waals surface area contributed by atoms with Crippen LogP contribution in [0.4, 0.5) is 11.4 Å². The van der Waals surface area contributed by atoms with Crippen LogP contribution < -0.4 is 16.6 Å². The predicted molar refractivity (Wildman–Crippen MR) is 74.0 cm³/mol. The van der Waals surface area contributed by atoms with Gasteiger partial charge in [-0.3, -0.25) is 4.79 Å². The van der Waals surface area contributed by atoms with E-state index in [2.05, 4.69) is 0 Å². The highest BCUT2D eigenvalue weighted by Gasteiger charge is 2.26. The van der Waals surface area contributed by atoms with E-state index in [4.69, 9.17) is 21.7 Å². The lowest BCUT2D eigenvalue weighted by Crippen LogP contribution is -2.43. The first-order valence-corrected chi connectivity index (χ1v) is 6.20. The molecule has 1 saturated heterocycles. The Kier molecular flexibility index (Phi) is 4.13.